The van der Waals surface area contributed by atoms with Gasteiger partial charge in [0.1, 0.15) is 5.82 Å². The zero-order chi connectivity index (χ0) is 29.2. The van der Waals surface area contributed by atoms with E-state index in [4.69, 9.17) is 5.73 Å². The monoisotopic (exact) mass is 569 g/mol. The summed E-state index contributed by atoms with van der Waals surface area (Å²) in [7, 11) is -3.77. The van der Waals surface area contributed by atoms with E-state index in [1.807, 2.05) is 49.4 Å². The van der Waals surface area contributed by atoms with Gasteiger partial charge in [-0.1, -0.05) is 75.4 Å². The highest BCUT2D eigenvalue weighted by atomic mass is 32.2. The highest BCUT2D eigenvalue weighted by Gasteiger charge is 2.35. The summed E-state index contributed by atoms with van der Waals surface area (Å²) in [5.74, 6) is 0.644. The summed E-state index contributed by atoms with van der Waals surface area (Å²) >= 11 is 0. The molecule has 5 rings (SSSR count). The lowest BCUT2D eigenvalue weighted by molar-refractivity contribution is 0.369. The van der Waals surface area contributed by atoms with Crippen LogP contribution in [0.25, 0.3) is 0 Å². The molecule has 2 N–H and O–H groups in total. The van der Waals surface area contributed by atoms with E-state index in [1.165, 1.54) is 5.56 Å². The Bertz CT molecular complexity index is 1580. The highest BCUT2D eigenvalue weighted by Crippen LogP contribution is 2.35. The number of nitrogens with zero attached hydrogens (tertiary/aromatic N) is 4. The zero-order valence-corrected chi connectivity index (χ0v) is 25.1. The number of nitrogens with two attached hydrogens (primary N) is 1. The van der Waals surface area contributed by atoms with Crippen molar-refractivity contribution < 1.29 is 8.42 Å². The van der Waals surface area contributed by atoms with E-state index in [1.54, 1.807) is 28.8 Å². The van der Waals surface area contributed by atoms with Gasteiger partial charge in [0.2, 0.25) is 10.0 Å². The van der Waals surface area contributed by atoms with Crippen molar-refractivity contribution in [2.75, 3.05) is 17.2 Å². The molecule has 8 heteroatoms. The molecule has 214 valence electrons. The molecule has 2 heterocycles. The molecular weight excluding hydrogens is 530 g/mol. The third-order valence-electron chi connectivity index (χ3n) is 7.89. The number of rotatable bonds is 7. The average Bonchev–Trinajstić information content (AvgIpc) is 3.11. The molecule has 7 nitrogen and oxygen atoms in total. The van der Waals surface area contributed by atoms with E-state index in [9.17, 15) is 8.42 Å². The molecule has 1 aliphatic heterocycles. The van der Waals surface area contributed by atoms with Gasteiger partial charge in [0.05, 0.1) is 29.5 Å². The van der Waals surface area contributed by atoms with Crippen molar-refractivity contribution in [1.82, 2.24) is 14.3 Å². The standard InChI is InChI=1S/C33H39N5O2S/c1-24-9-8-12-31-30(24)22-37(41(39,40)29-17-14-26(15-18-29)33(2,3)4)21-28(16-13-25-10-6-5-7-11-25)38(31)23-32-35-19-27(34)20-36-32/h5-12,14-15,17-20,28H,13,16,21-23,34H2,1-4H3/t28-/m1/s1. The van der Waals surface area contributed by atoms with E-state index in [0.717, 1.165) is 35.2 Å². The number of fused-ring (bicyclic) bond motifs is 1. The number of aromatic nitrogens is 2. The number of nitrogen functional groups attached to an aromatic ring is 1. The van der Waals surface area contributed by atoms with E-state index in [2.05, 4.69) is 53.8 Å². The third kappa shape index (κ3) is 6.44. The fraction of sp³-hybridized carbons (Fsp3) is 0.333. The van der Waals surface area contributed by atoms with Crippen LogP contribution >= 0.6 is 0 Å². The normalized spacial score (nSPS) is 16.3. The molecule has 0 unspecified atom stereocenters. The lowest BCUT2D eigenvalue weighted by atomic mass is 9.87. The van der Waals surface area contributed by atoms with Crippen LogP contribution in [0, 0.1) is 6.92 Å². The first kappa shape index (κ1) is 28.8. The van der Waals surface area contributed by atoms with E-state index in [-0.39, 0.29) is 11.5 Å². The molecule has 41 heavy (non-hydrogen) atoms. The maximum atomic E-state index is 14.2. The van der Waals surface area contributed by atoms with Crippen molar-refractivity contribution in [3.63, 3.8) is 0 Å². The largest absolute Gasteiger partial charge is 0.396 e. The van der Waals surface area contributed by atoms with Crippen molar-refractivity contribution >= 4 is 21.4 Å². The fourth-order valence-corrected chi connectivity index (χ4v) is 6.88. The number of aryl methyl sites for hydroxylation is 2. The molecule has 1 atom stereocenters. The van der Waals surface area contributed by atoms with Crippen LogP contribution in [0.5, 0.6) is 0 Å². The summed E-state index contributed by atoms with van der Waals surface area (Å²) in [5.41, 5.74) is 11.7. The second kappa shape index (κ2) is 11.6. The van der Waals surface area contributed by atoms with Gasteiger partial charge in [-0.15, -0.1) is 0 Å². The smallest absolute Gasteiger partial charge is 0.243 e. The van der Waals surface area contributed by atoms with Gasteiger partial charge in [-0.25, -0.2) is 18.4 Å². The molecule has 0 bridgehead atoms. The summed E-state index contributed by atoms with van der Waals surface area (Å²) in [6, 6.07) is 23.8. The molecule has 0 saturated heterocycles. The lowest BCUT2D eigenvalue weighted by Crippen LogP contribution is -2.44. The van der Waals surface area contributed by atoms with Crippen molar-refractivity contribution in [3.05, 3.63) is 113 Å². The molecule has 0 fully saturated rings. The first-order chi connectivity index (χ1) is 19.5. The minimum atomic E-state index is -3.77. The summed E-state index contributed by atoms with van der Waals surface area (Å²) in [5, 5.41) is 0. The van der Waals surface area contributed by atoms with Gasteiger partial charge in [-0.2, -0.15) is 4.31 Å². The maximum Gasteiger partial charge on any atom is 0.243 e. The van der Waals surface area contributed by atoms with Gasteiger partial charge in [-0.05, 0) is 65.6 Å². The highest BCUT2D eigenvalue weighted by molar-refractivity contribution is 7.89. The lowest BCUT2D eigenvalue weighted by Gasteiger charge is -2.34. The Balaban J connectivity index is 1.56. The van der Waals surface area contributed by atoms with Crippen LogP contribution in [0.4, 0.5) is 11.4 Å². The molecule has 0 radical (unpaired) electrons. The van der Waals surface area contributed by atoms with E-state index >= 15 is 0 Å². The Hall–Kier alpha value is -3.75. The Morgan fingerprint density at radius 3 is 2.27 bits per heavy atom. The van der Waals surface area contributed by atoms with Crippen LogP contribution in [0.1, 0.15) is 55.3 Å². The zero-order valence-electron chi connectivity index (χ0n) is 24.3. The van der Waals surface area contributed by atoms with Gasteiger partial charge in [0.15, 0.2) is 0 Å². The minimum absolute atomic E-state index is 0.0614. The van der Waals surface area contributed by atoms with E-state index in [0.29, 0.717) is 36.0 Å². The van der Waals surface area contributed by atoms with Crippen molar-refractivity contribution in [3.8, 4) is 0 Å². The van der Waals surface area contributed by atoms with Crippen molar-refractivity contribution in [2.45, 2.75) is 70.0 Å². The Labute approximate surface area is 244 Å². The second-order valence-electron chi connectivity index (χ2n) is 11.9. The SMILES string of the molecule is Cc1cccc2c1CN(S(=O)(=O)c1ccc(C(C)(C)C)cc1)C[C@@H](CCc1ccccc1)N2Cc1ncc(N)cn1. The molecule has 0 saturated carbocycles. The van der Waals surface area contributed by atoms with E-state index < -0.39 is 10.0 Å². The molecule has 1 aromatic heterocycles. The topological polar surface area (TPSA) is 92.4 Å². The first-order valence-corrected chi connectivity index (χ1v) is 15.5. The van der Waals surface area contributed by atoms with Crippen LogP contribution in [0.2, 0.25) is 0 Å². The summed E-state index contributed by atoms with van der Waals surface area (Å²) in [4.78, 5) is 11.6. The Morgan fingerprint density at radius 1 is 0.927 bits per heavy atom. The molecule has 0 aliphatic carbocycles. The van der Waals surface area contributed by atoms with Crippen molar-refractivity contribution in [1.29, 1.82) is 0 Å². The fourth-order valence-electron chi connectivity index (χ4n) is 5.43. The van der Waals surface area contributed by atoms with Crippen LogP contribution in [0.3, 0.4) is 0 Å². The quantitative estimate of drug-likeness (QED) is 0.299. The molecule has 0 spiro atoms. The van der Waals surface area contributed by atoms with Crippen LogP contribution < -0.4 is 10.6 Å². The summed E-state index contributed by atoms with van der Waals surface area (Å²) in [6.45, 7) is 9.52. The third-order valence-corrected chi connectivity index (χ3v) is 9.71. The first-order valence-electron chi connectivity index (χ1n) is 14.1. The number of benzene rings is 3. The van der Waals surface area contributed by atoms with Crippen molar-refractivity contribution in [2.24, 2.45) is 0 Å². The number of hydrogen-bond acceptors (Lipinski definition) is 6. The molecular formula is C33H39N5O2S. The summed E-state index contributed by atoms with van der Waals surface area (Å²) in [6.07, 6.45) is 4.82. The molecule has 3 aromatic carbocycles. The van der Waals surface area contributed by atoms with Crippen LogP contribution in [-0.4, -0.2) is 35.3 Å². The van der Waals surface area contributed by atoms with Gasteiger partial charge in [0.25, 0.3) is 0 Å². The predicted octanol–water partition coefficient (Wildman–Crippen LogP) is 5.88. The van der Waals surface area contributed by atoms with Gasteiger partial charge >= 0.3 is 0 Å². The average molecular weight is 570 g/mol. The Morgan fingerprint density at radius 2 is 1.61 bits per heavy atom. The minimum Gasteiger partial charge on any atom is -0.396 e. The van der Waals surface area contributed by atoms with Gasteiger partial charge in [0, 0.05) is 24.8 Å². The number of anilines is 2. The second-order valence-corrected chi connectivity index (χ2v) is 13.8. The predicted molar refractivity (Wildman–Crippen MR) is 165 cm³/mol. The molecule has 4 aromatic rings. The van der Waals surface area contributed by atoms with Crippen LogP contribution in [-0.2, 0) is 34.9 Å². The van der Waals surface area contributed by atoms with Gasteiger partial charge in [-0.3, -0.25) is 0 Å². The maximum absolute atomic E-state index is 14.2. The number of sulfonamides is 1. The number of hydrogen-bond donors (Lipinski definition) is 1. The molecule has 0 amide bonds. The summed E-state index contributed by atoms with van der Waals surface area (Å²) < 4.78 is 30.1. The van der Waals surface area contributed by atoms with Crippen LogP contribution in [0.15, 0.2) is 90.1 Å². The molecule has 1 aliphatic rings. The van der Waals surface area contributed by atoms with Gasteiger partial charge < -0.3 is 10.6 Å². The Kier molecular flexibility index (Phi) is 8.16.